The van der Waals surface area contributed by atoms with Gasteiger partial charge in [-0.1, -0.05) is 29.3 Å². The van der Waals surface area contributed by atoms with Gasteiger partial charge in [-0.15, -0.1) is 0 Å². The van der Waals surface area contributed by atoms with Crippen LogP contribution in [-0.4, -0.2) is 13.4 Å². The predicted octanol–water partition coefficient (Wildman–Crippen LogP) is 3.94. The standard InChI is InChI=1S/C13H8Cl2N2O3S/c14-9-2-1-3-10(15)13(9)17-21(18,19)8-4-5-11-12(6-8)20-7-16-11/h1-7,17H. The summed E-state index contributed by atoms with van der Waals surface area (Å²) >= 11 is 11.9. The van der Waals surface area contributed by atoms with Crippen molar-refractivity contribution >= 4 is 50.0 Å². The van der Waals surface area contributed by atoms with Crippen molar-refractivity contribution in [2.45, 2.75) is 4.90 Å². The molecular weight excluding hydrogens is 335 g/mol. The third kappa shape index (κ3) is 2.70. The highest BCUT2D eigenvalue weighted by atomic mass is 35.5. The highest BCUT2D eigenvalue weighted by molar-refractivity contribution is 7.92. The number of nitrogens with zero attached hydrogens (tertiary/aromatic N) is 1. The van der Waals surface area contributed by atoms with Gasteiger partial charge in [0, 0.05) is 6.07 Å². The van der Waals surface area contributed by atoms with Gasteiger partial charge in [-0.05, 0) is 24.3 Å². The average molecular weight is 343 g/mol. The van der Waals surface area contributed by atoms with E-state index in [0.29, 0.717) is 11.1 Å². The van der Waals surface area contributed by atoms with Gasteiger partial charge in [-0.3, -0.25) is 4.72 Å². The molecule has 0 atom stereocenters. The van der Waals surface area contributed by atoms with Crippen LogP contribution < -0.4 is 4.72 Å². The monoisotopic (exact) mass is 342 g/mol. The topological polar surface area (TPSA) is 72.2 Å². The Balaban J connectivity index is 2.04. The van der Waals surface area contributed by atoms with Gasteiger partial charge in [-0.2, -0.15) is 0 Å². The Hall–Kier alpha value is -1.76. The van der Waals surface area contributed by atoms with Crippen LogP contribution in [0.4, 0.5) is 5.69 Å². The smallest absolute Gasteiger partial charge is 0.262 e. The van der Waals surface area contributed by atoms with E-state index < -0.39 is 10.0 Å². The number of nitrogens with one attached hydrogen (secondary N) is 1. The molecule has 0 aliphatic rings. The maximum Gasteiger partial charge on any atom is 0.262 e. The third-order valence-electron chi connectivity index (χ3n) is 2.81. The highest BCUT2D eigenvalue weighted by Gasteiger charge is 2.18. The van der Waals surface area contributed by atoms with E-state index in [9.17, 15) is 8.42 Å². The minimum atomic E-state index is -3.83. The molecule has 0 fully saturated rings. The summed E-state index contributed by atoms with van der Waals surface area (Å²) in [5.74, 6) is 0. The molecular formula is C13H8Cl2N2O3S. The Morgan fingerprint density at radius 1 is 1.10 bits per heavy atom. The van der Waals surface area contributed by atoms with Crippen LogP contribution >= 0.6 is 23.2 Å². The molecule has 3 rings (SSSR count). The number of fused-ring (bicyclic) bond motifs is 1. The van der Waals surface area contributed by atoms with Crippen LogP contribution in [0.25, 0.3) is 11.1 Å². The summed E-state index contributed by atoms with van der Waals surface area (Å²) in [6, 6.07) is 9.09. The normalized spacial score (nSPS) is 11.7. The second-order valence-corrected chi connectivity index (χ2v) is 6.68. The van der Waals surface area contributed by atoms with Gasteiger partial charge < -0.3 is 4.42 Å². The zero-order valence-corrected chi connectivity index (χ0v) is 12.7. The van der Waals surface area contributed by atoms with Crippen LogP contribution in [0.15, 0.2) is 52.1 Å². The minimum absolute atomic E-state index is 0.0303. The number of para-hydroxylation sites is 1. The molecule has 1 heterocycles. The number of hydrogen-bond donors (Lipinski definition) is 1. The van der Waals surface area contributed by atoms with Crippen molar-refractivity contribution in [2.75, 3.05) is 4.72 Å². The van der Waals surface area contributed by atoms with Gasteiger partial charge in [0.05, 0.1) is 20.6 Å². The molecule has 1 N–H and O–H groups in total. The van der Waals surface area contributed by atoms with Crippen molar-refractivity contribution in [3.63, 3.8) is 0 Å². The molecule has 0 unspecified atom stereocenters. The van der Waals surface area contributed by atoms with Crippen molar-refractivity contribution in [3.05, 3.63) is 52.8 Å². The lowest BCUT2D eigenvalue weighted by Gasteiger charge is -2.11. The Labute approximate surface area is 130 Å². The predicted molar refractivity (Wildman–Crippen MR) is 81.3 cm³/mol. The highest BCUT2D eigenvalue weighted by Crippen LogP contribution is 2.32. The molecule has 3 aromatic rings. The van der Waals surface area contributed by atoms with E-state index in [1.807, 2.05) is 0 Å². The van der Waals surface area contributed by atoms with Crippen LogP contribution in [-0.2, 0) is 10.0 Å². The minimum Gasteiger partial charge on any atom is -0.443 e. The van der Waals surface area contributed by atoms with Gasteiger partial charge in [0.15, 0.2) is 12.0 Å². The van der Waals surface area contributed by atoms with Crippen molar-refractivity contribution in [1.29, 1.82) is 0 Å². The Morgan fingerprint density at radius 3 is 2.52 bits per heavy atom. The molecule has 0 amide bonds. The number of benzene rings is 2. The van der Waals surface area contributed by atoms with E-state index in [-0.39, 0.29) is 20.6 Å². The van der Waals surface area contributed by atoms with E-state index in [0.717, 1.165) is 0 Å². The fourth-order valence-corrected chi connectivity index (χ4v) is 3.51. The number of aromatic nitrogens is 1. The molecule has 0 saturated heterocycles. The fourth-order valence-electron chi connectivity index (χ4n) is 1.79. The summed E-state index contributed by atoms with van der Waals surface area (Å²) in [4.78, 5) is 3.96. The molecule has 0 saturated carbocycles. The lowest BCUT2D eigenvalue weighted by Crippen LogP contribution is -2.13. The maximum absolute atomic E-state index is 12.4. The summed E-state index contributed by atoms with van der Waals surface area (Å²) in [7, 11) is -3.83. The summed E-state index contributed by atoms with van der Waals surface area (Å²) < 4.78 is 32.2. The largest absolute Gasteiger partial charge is 0.443 e. The van der Waals surface area contributed by atoms with E-state index in [1.54, 1.807) is 24.3 Å². The van der Waals surface area contributed by atoms with Crippen LogP contribution in [0, 0.1) is 0 Å². The maximum atomic E-state index is 12.4. The van der Waals surface area contributed by atoms with Gasteiger partial charge in [0.25, 0.3) is 10.0 Å². The van der Waals surface area contributed by atoms with Crippen molar-refractivity contribution < 1.29 is 12.8 Å². The van der Waals surface area contributed by atoms with Crippen LogP contribution in [0.3, 0.4) is 0 Å². The molecule has 21 heavy (non-hydrogen) atoms. The average Bonchev–Trinajstić information content (AvgIpc) is 2.90. The van der Waals surface area contributed by atoms with E-state index in [2.05, 4.69) is 9.71 Å². The molecule has 8 heteroatoms. The van der Waals surface area contributed by atoms with E-state index >= 15 is 0 Å². The van der Waals surface area contributed by atoms with E-state index in [4.69, 9.17) is 27.6 Å². The molecule has 0 radical (unpaired) electrons. The Morgan fingerprint density at radius 2 is 1.81 bits per heavy atom. The number of rotatable bonds is 3. The quantitative estimate of drug-likeness (QED) is 0.782. The Bertz CT molecular complexity index is 902. The first kappa shape index (κ1) is 14.2. The number of halogens is 2. The van der Waals surface area contributed by atoms with Gasteiger partial charge in [0.1, 0.15) is 5.52 Å². The molecule has 0 bridgehead atoms. The first-order valence-corrected chi connectivity index (χ1v) is 8.01. The van der Waals surface area contributed by atoms with Crippen molar-refractivity contribution in [1.82, 2.24) is 4.98 Å². The second kappa shape index (κ2) is 5.22. The third-order valence-corrected chi connectivity index (χ3v) is 4.79. The number of sulfonamides is 1. The molecule has 1 aromatic heterocycles. The van der Waals surface area contributed by atoms with Crippen LogP contribution in [0.2, 0.25) is 10.0 Å². The first-order valence-electron chi connectivity index (χ1n) is 5.77. The van der Waals surface area contributed by atoms with Gasteiger partial charge in [0.2, 0.25) is 0 Å². The van der Waals surface area contributed by atoms with Crippen LogP contribution in [0.5, 0.6) is 0 Å². The lowest BCUT2D eigenvalue weighted by atomic mass is 10.3. The fraction of sp³-hybridized carbons (Fsp3) is 0. The van der Waals surface area contributed by atoms with Crippen molar-refractivity contribution in [2.24, 2.45) is 0 Å². The lowest BCUT2D eigenvalue weighted by molar-refractivity contribution is 0.594. The zero-order chi connectivity index (χ0) is 15.0. The molecule has 0 aliphatic carbocycles. The first-order chi connectivity index (χ1) is 9.97. The number of anilines is 1. The molecule has 0 spiro atoms. The van der Waals surface area contributed by atoms with Crippen molar-refractivity contribution in [3.8, 4) is 0 Å². The zero-order valence-electron chi connectivity index (χ0n) is 10.4. The SMILES string of the molecule is O=S(=O)(Nc1c(Cl)cccc1Cl)c1ccc2ncoc2c1. The summed E-state index contributed by atoms with van der Waals surface area (Å²) in [6.07, 6.45) is 1.25. The van der Waals surface area contributed by atoms with E-state index in [1.165, 1.54) is 18.5 Å². The molecule has 2 aromatic carbocycles. The second-order valence-electron chi connectivity index (χ2n) is 4.18. The summed E-state index contributed by atoms with van der Waals surface area (Å²) in [5.41, 5.74) is 1.09. The summed E-state index contributed by atoms with van der Waals surface area (Å²) in [5, 5.41) is 0.429. The van der Waals surface area contributed by atoms with Gasteiger partial charge >= 0.3 is 0 Å². The Kier molecular flexibility index (Phi) is 3.52. The molecule has 0 aliphatic heterocycles. The molecule has 5 nitrogen and oxygen atoms in total. The number of hydrogen-bond acceptors (Lipinski definition) is 4. The van der Waals surface area contributed by atoms with Gasteiger partial charge in [-0.25, -0.2) is 13.4 Å². The summed E-state index contributed by atoms with van der Waals surface area (Å²) in [6.45, 7) is 0. The number of oxazole rings is 1. The van der Waals surface area contributed by atoms with Crippen LogP contribution in [0.1, 0.15) is 0 Å². The molecule has 108 valence electrons.